The molecule has 7 heteroatoms. The molecule has 0 spiro atoms. The maximum Gasteiger partial charge on any atom is 0.313 e. The number of rotatable bonds is 6. The predicted molar refractivity (Wildman–Crippen MR) is 110 cm³/mol. The minimum atomic E-state index is -0.680. The van der Waals surface area contributed by atoms with Crippen LogP contribution in [0, 0.1) is 0 Å². The molecule has 2 amide bonds. The van der Waals surface area contributed by atoms with Crippen molar-refractivity contribution in [2.45, 2.75) is 19.4 Å². The molecule has 1 aromatic carbocycles. The number of ether oxygens (including phenoxy) is 1. The van der Waals surface area contributed by atoms with Gasteiger partial charge in [0.1, 0.15) is 11.5 Å². The van der Waals surface area contributed by atoms with Crippen molar-refractivity contribution in [3.8, 4) is 11.5 Å². The molecular formula is C21H21N3O3S. The summed E-state index contributed by atoms with van der Waals surface area (Å²) in [5.41, 5.74) is 1.64. The molecule has 2 heterocycles. The van der Waals surface area contributed by atoms with Crippen LogP contribution in [0.15, 0.2) is 65.6 Å². The number of likely N-dealkylation sites (N-methyl/N-ethyl adjacent to an activating group) is 1. The van der Waals surface area contributed by atoms with E-state index in [4.69, 9.17) is 4.74 Å². The molecule has 0 saturated carbocycles. The van der Waals surface area contributed by atoms with Gasteiger partial charge in [-0.1, -0.05) is 6.07 Å². The SMILES string of the molecule is C[C@H](Cc1ccsc1)N(C)C(=O)C(=O)Nc1cccc(Oc2ccncc2)c1. The molecule has 2 aromatic heterocycles. The van der Waals surface area contributed by atoms with E-state index in [0.717, 1.165) is 5.56 Å². The highest BCUT2D eigenvalue weighted by Crippen LogP contribution is 2.23. The second-order valence-corrected chi connectivity index (χ2v) is 7.15. The summed E-state index contributed by atoms with van der Waals surface area (Å²) in [6, 6.07) is 12.3. The first-order valence-corrected chi connectivity index (χ1v) is 9.74. The summed E-state index contributed by atoms with van der Waals surface area (Å²) >= 11 is 1.61. The van der Waals surface area contributed by atoms with Gasteiger partial charge in [0.05, 0.1) is 0 Å². The molecule has 0 radical (unpaired) electrons. The highest BCUT2D eigenvalue weighted by molar-refractivity contribution is 7.07. The summed E-state index contributed by atoms with van der Waals surface area (Å²) < 4.78 is 5.72. The van der Waals surface area contributed by atoms with Crippen molar-refractivity contribution in [1.29, 1.82) is 0 Å². The molecule has 6 nitrogen and oxygen atoms in total. The number of hydrogen-bond acceptors (Lipinski definition) is 5. The Balaban J connectivity index is 1.60. The van der Waals surface area contributed by atoms with Crippen LogP contribution in [-0.2, 0) is 16.0 Å². The number of pyridine rings is 1. The lowest BCUT2D eigenvalue weighted by atomic mass is 10.1. The van der Waals surface area contributed by atoms with Crippen molar-refractivity contribution < 1.29 is 14.3 Å². The smallest absolute Gasteiger partial charge is 0.313 e. The van der Waals surface area contributed by atoms with Crippen LogP contribution in [0.3, 0.4) is 0 Å². The van der Waals surface area contributed by atoms with E-state index in [1.54, 1.807) is 67.2 Å². The maximum atomic E-state index is 12.5. The Bertz CT molecular complexity index is 929. The monoisotopic (exact) mass is 395 g/mol. The molecule has 144 valence electrons. The van der Waals surface area contributed by atoms with E-state index in [2.05, 4.69) is 10.3 Å². The largest absolute Gasteiger partial charge is 0.457 e. The molecule has 0 bridgehead atoms. The van der Waals surface area contributed by atoms with E-state index in [9.17, 15) is 9.59 Å². The minimum absolute atomic E-state index is 0.0887. The molecule has 3 aromatic rings. The normalized spacial score (nSPS) is 11.5. The number of amides is 2. The first-order valence-electron chi connectivity index (χ1n) is 8.80. The summed E-state index contributed by atoms with van der Waals surface area (Å²) in [5.74, 6) is -0.0731. The van der Waals surface area contributed by atoms with Crippen LogP contribution < -0.4 is 10.1 Å². The van der Waals surface area contributed by atoms with Gasteiger partial charge in [-0.05, 0) is 60.0 Å². The Kier molecular flexibility index (Phi) is 6.39. The van der Waals surface area contributed by atoms with Gasteiger partial charge < -0.3 is 15.0 Å². The molecule has 0 fully saturated rings. The van der Waals surface area contributed by atoms with E-state index in [-0.39, 0.29) is 6.04 Å². The number of carbonyl (C=O) groups is 2. The van der Waals surface area contributed by atoms with Gasteiger partial charge >= 0.3 is 11.8 Å². The highest BCUT2D eigenvalue weighted by Gasteiger charge is 2.23. The van der Waals surface area contributed by atoms with Crippen molar-refractivity contribution in [2.24, 2.45) is 0 Å². The molecule has 0 aliphatic heterocycles. The average molecular weight is 395 g/mol. The lowest BCUT2D eigenvalue weighted by molar-refractivity contribution is -0.143. The number of thiophene rings is 1. The highest BCUT2D eigenvalue weighted by atomic mass is 32.1. The number of benzene rings is 1. The molecular weight excluding hydrogens is 374 g/mol. The van der Waals surface area contributed by atoms with Crippen LogP contribution in [0.25, 0.3) is 0 Å². The van der Waals surface area contributed by atoms with Gasteiger partial charge in [0.15, 0.2) is 0 Å². The third-order valence-corrected chi connectivity index (χ3v) is 5.00. The lowest BCUT2D eigenvalue weighted by Crippen LogP contribution is -2.42. The van der Waals surface area contributed by atoms with E-state index in [1.807, 2.05) is 23.8 Å². The number of nitrogens with one attached hydrogen (secondary N) is 1. The van der Waals surface area contributed by atoms with Gasteiger partial charge in [0.25, 0.3) is 0 Å². The standard InChI is InChI=1S/C21H21N3O3S/c1-15(12-16-8-11-28-14-16)24(2)21(26)20(25)23-17-4-3-5-19(13-17)27-18-6-9-22-10-7-18/h3-11,13-15H,12H2,1-2H3,(H,23,25)/t15-/m1/s1. The van der Waals surface area contributed by atoms with Crippen molar-refractivity contribution >= 4 is 28.8 Å². The summed E-state index contributed by atoms with van der Waals surface area (Å²) in [6.45, 7) is 1.92. The summed E-state index contributed by atoms with van der Waals surface area (Å²) in [7, 11) is 1.64. The summed E-state index contributed by atoms with van der Waals surface area (Å²) in [4.78, 5) is 30.3. The van der Waals surface area contributed by atoms with Crippen molar-refractivity contribution in [1.82, 2.24) is 9.88 Å². The second-order valence-electron chi connectivity index (χ2n) is 6.37. The van der Waals surface area contributed by atoms with Crippen LogP contribution in [0.2, 0.25) is 0 Å². The molecule has 0 aliphatic carbocycles. The van der Waals surface area contributed by atoms with Crippen LogP contribution >= 0.6 is 11.3 Å². The van der Waals surface area contributed by atoms with Gasteiger partial charge in [-0.15, -0.1) is 0 Å². The van der Waals surface area contributed by atoms with Gasteiger partial charge in [-0.25, -0.2) is 0 Å². The van der Waals surface area contributed by atoms with Crippen LogP contribution in [-0.4, -0.2) is 34.8 Å². The quantitative estimate of drug-likeness (QED) is 0.641. The molecule has 0 saturated heterocycles. The fourth-order valence-electron chi connectivity index (χ4n) is 2.61. The Morgan fingerprint density at radius 1 is 1.18 bits per heavy atom. The number of carbonyl (C=O) groups excluding carboxylic acids is 2. The zero-order chi connectivity index (χ0) is 19.9. The van der Waals surface area contributed by atoms with E-state index in [1.165, 1.54) is 4.90 Å². The number of hydrogen-bond donors (Lipinski definition) is 1. The molecule has 28 heavy (non-hydrogen) atoms. The molecule has 1 N–H and O–H groups in total. The topological polar surface area (TPSA) is 71.5 Å². The van der Waals surface area contributed by atoms with E-state index in [0.29, 0.717) is 23.6 Å². The van der Waals surface area contributed by atoms with Crippen molar-refractivity contribution in [3.05, 3.63) is 71.2 Å². The fourth-order valence-corrected chi connectivity index (χ4v) is 3.29. The minimum Gasteiger partial charge on any atom is -0.457 e. The third-order valence-electron chi connectivity index (χ3n) is 4.26. The van der Waals surface area contributed by atoms with Crippen LogP contribution in [0.1, 0.15) is 12.5 Å². The number of anilines is 1. The lowest BCUT2D eigenvalue weighted by Gasteiger charge is -2.24. The third kappa shape index (κ3) is 5.17. The predicted octanol–water partition coefficient (Wildman–Crippen LogP) is 3.96. The van der Waals surface area contributed by atoms with Gasteiger partial charge in [0.2, 0.25) is 0 Å². The average Bonchev–Trinajstić information content (AvgIpc) is 3.21. The Morgan fingerprint density at radius 3 is 2.68 bits per heavy atom. The maximum absolute atomic E-state index is 12.5. The molecule has 3 rings (SSSR count). The number of aromatic nitrogens is 1. The second kappa shape index (κ2) is 9.14. The molecule has 0 aliphatic rings. The molecule has 1 atom stereocenters. The number of nitrogens with zero attached hydrogens (tertiary/aromatic N) is 2. The Morgan fingerprint density at radius 2 is 1.96 bits per heavy atom. The Labute approximate surface area is 167 Å². The summed E-state index contributed by atoms with van der Waals surface area (Å²) in [6.07, 6.45) is 3.97. The molecule has 0 unspecified atom stereocenters. The van der Waals surface area contributed by atoms with Gasteiger partial charge in [-0.2, -0.15) is 11.3 Å². The first kappa shape index (κ1) is 19.6. The zero-order valence-corrected chi connectivity index (χ0v) is 16.5. The Hall–Kier alpha value is -3.19. The van der Waals surface area contributed by atoms with Gasteiger partial charge in [-0.3, -0.25) is 14.6 Å². The van der Waals surface area contributed by atoms with Crippen LogP contribution in [0.4, 0.5) is 5.69 Å². The first-order chi connectivity index (χ1) is 13.5. The van der Waals surface area contributed by atoms with Crippen molar-refractivity contribution in [2.75, 3.05) is 12.4 Å². The van der Waals surface area contributed by atoms with Crippen LogP contribution in [0.5, 0.6) is 11.5 Å². The van der Waals surface area contributed by atoms with E-state index >= 15 is 0 Å². The fraction of sp³-hybridized carbons (Fsp3) is 0.190. The van der Waals surface area contributed by atoms with Gasteiger partial charge in [0, 0.05) is 37.2 Å². The zero-order valence-electron chi connectivity index (χ0n) is 15.7. The van der Waals surface area contributed by atoms with Crippen molar-refractivity contribution in [3.63, 3.8) is 0 Å². The summed E-state index contributed by atoms with van der Waals surface area (Å²) in [5, 5.41) is 6.68. The van der Waals surface area contributed by atoms with E-state index < -0.39 is 11.8 Å².